The van der Waals surface area contributed by atoms with Crippen molar-refractivity contribution < 1.29 is 0 Å². The van der Waals surface area contributed by atoms with Crippen LogP contribution in [0.5, 0.6) is 0 Å². The van der Waals surface area contributed by atoms with Crippen LogP contribution in [0.25, 0.3) is 0 Å². The van der Waals surface area contributed by atoms with Crippen molar-refractivity contribution in [3.63, 3.8) is 0 Å². The molecular formula is C9H15N5. The van der Waals surface area contributed by atoms with E-state index in [4.69, 9.17) is 11.6 Å². The van der Waals surface area contributed by atoms with Crippen molar-refractivity contribution in [1.29, 1.82) is 0 Å². The number of hydrazine groups is 1. The number of nitrogens with two attached hydrogens (primary N) is 2. The van der Waals surface area contributed by atoms with Gasteiger partial charge in [0.05, 0.1) is 12.2 Å². The normalized spacial score (nSPS) is 11.5. The van der Waals surface area contributed by atoms with Crippen molar-refractivity contribution in [1.82, 2.24) is 10.4 Å². The van der Waals surface area contributed by atoms with Gasteiger partial charge in [0.15, 0.2) is 0 Å². The maximum absolute atomic E-state index is 5.37. The van der Waals surface area contributed by atoms with Gasteiger partial charge in [0.25, 0.3) is 0 Å². The fourth-order valence-corrected chi connectivity index (χ4v) is 0.983. The first-order chi connectivity index (χ1) is 6.63. The van der Waals surface area contributed by atoms with Crippen molar-refractivity contribution in [2.75, 3.05) is 0 Å². The molecule has 0 aliphatic carbocycles. The SMILES string of the molecule is Cc1ccc(CN=C(N)NN)nc1C. The van der Waals surface area contributed by atoms with Crippen LogP contribution in [-0.2, 0) is 6.54 Å². The number of aliphatic imine (C=N–C) groups is 1. The summed E-state index contributed by atoms with van der Waals surface area (Å²) in [7, 11) is 0. The van der Waals surface area contributed by atoms with E-state index in [0.717, 1.165) is 11.4 Å². The van der Waals surface area contributed by atoms with Crippen LogP contribution < -0.4 is 17.0 Å². The van der Waals surface area contributed by atoms with Crippen LogP contribution in [0.2, 0.25) is 0 Å². The van der Waals surface area contributed by atoms with E-state index in [-0.39, 0.29) is 5.96 Å². The molecule has 14 heavy (non-hydrogen) atoms. The molecule has 76 valence electrons. The molecule has 0 atom stereocenters. The highest BCUT2D eigenvalue weighted by atomic mass is 15.3. The number of aryl methyl sites for hydroxylation is 2. The van der Waals surface area contributed by atoms with E-state index in [1.807, 2.05) is 26.0 Å². The predicted molar refractivity (Wildman–Crippen MR) is 56.4 cm³/mol. The van der Waals surface area contributed by atoms with Gasteiger partial charge in [-0.3, -0.25) is 10.4 Å². The highest BCUT2D eigenvalue weighted by Gasteiger charge is 1.97. The van der Waals surface area contributed by atoms with E-state index in [1.165, 1.54) is 5.56 Å². The van der Waals surface area contributed by atoms with E-state index >= 15 is 0 Å². The van der Waals surface area contributed by atoms with Gasteiger partial charge >= 0.3 is 0 Å². The highest BCUT2D eigenvalue weighted by Crippen LogP contribution is 2.05. The Hall–Kier alpha value is -1.62. The summed E-state index contributed by atoms with van der Waals surface area (Å²) in [6, 6.07) is 3.94. The van der Waals surface area contributed by atoms with Gasteiger partial charge in [-0.05, 0) is 25.5 Å². The first-order valence-electron chi connectivity index (χ1n) is 4.33. The molecule has 0 saturated heterocycles. The third kappa shape index (κ3) is 2.70. The van der Waals surface area contributed by atoms with E-state index in [0.29, 0.717) is 6.54 Å². The Kier molecular flexibility index (Phi) is 3.41. The molecule has 0 unspecified atom stereocenters. The number of nitrogens with zero attached hydrogens (tertiary/aromatic N) is 2. The van der Waals surface area contributed by atoms with Crippen LogP contribution >= 0.6 is 0 Å². The average molecular weight is 193 g/mol. The molecule has 1 heterocycles. The largest absolute Gasteiger partial charge is 0.369 e. The minimum Gasteiger partial charge on any atom is -0.369 e. The number of rotatable bonds is 2. The minimum absolute atomic E-state index is 0.213. The van der Waals surface area contributed by atoms with Crippen molar-refractivity contribution in [2.24, 2.45) is 16.6 Å². The number of pyridine rings is 1. The number of guanidine groups is 1. The third-order valence-corrected chi connectivity index (χ3v) is 1.97. The fraction of sp³-hybridized carbons (Fsp3) is 0.333. The molecular weight excluding hydrogens is 178 g/mol. The topological polar surface area (TPSA) is 89.3 Å². The fourth-order valence-electron chi connectivity index (χ4n) is 0.983. The maximum atomic E-state index is 5.37. The highest BCUT2D eigenvalue weighted by molar-refractivity contribution is 5.77. The van der Waals surface area contributed by atoms with Crippen molar-refractivity contribution >= 4 is 5.96 Å². The van der Waals surface area contributed by atoms with Gasteiger partial charge in [0, 0.05) is 5.69 Å². The molecule has 1 aromatic heterocycles. The first-order valence-corrected chi connectivity index (χ1v) is 4.33. The maximum Gasteiger partial charge on any atom is 0.203 e. The number of aromatic nitrogens is 1. The van der Waals surface area contributed by atoms with Crippen LogP contribution in [0.15, 0.2) is 17.1 Å². The minimum atomic E-state index is 0.213. The number of hydrogen-bond donors (Lipinski definition) is 3. The predicted octanol–water partition coefficient (Wildman–Crippen LogP) is -0.0236. The molecule has 0 fully saturated rings. The summed E-state index contributed by atoms with van der Waals surface area (Å²) >= 11 is 0. The van der Waals surface area contributed by atoms with E-state index in [2.05, 4.69) is 15.4 Å². The summed E-state index contributed by atoms with van der Waals surface area (Å²) < 4.78 is 0. The molecule has 5 heteroatoms. The smallest absolute Gasteiger partial charge is 0.203 e. The van der Waals surface area contributed by atoms with E-state index in [1.54, 1.807) is 0 Å². The van der Waals surface area contributed by atoms with Gasteiger partial charge in [0.2, 0.25) is 5.96 Å². The molecule has 0 amide bonds. The second-order valence-corrected chi connectivity index (χ2v) is 3.05. The zero-order chi connectivity index (χ0) is 10.6. The van der Waals surface area contributed by atoms with Crippen molar-refractivity contribution in [2.45, 2.75) is 20.4 Å². The summed E-state index contributed by atoms with van der Waals surface area (Å²) in [5.41, 5.74) is 10.7. The molecule has 1 rings (SSSR count). The lowest BCUT2D eigenvalue weighted by Crippen LogP contribution is -2.37. The van der Waals surface area contributed by atoms with Crippen LogP contribution in [0, 0.1) is 13.8 Å². The van der Waals surface area contributed by atoms with Crippen LogP contribution in [0.1, 0.15) is 17.0 Å². The molecule has 0 bridgehead atoms. The second kappa shape index (κ2) is 4.57. The van der Waals surface area contributed by atoms with Gasteiger partial charge in [-0.15, -0.1) is 0 Å². The summed E-state index contributed by atoms with van der Waals surface area (Å²) in [6.07, 6.45) is 0. The Morgan fingerprint density at radius 2 is 2.21 bits per heavy atom. The molecule has 0 aromatic carbocycles. The zero-order valence-corrected chi connectivity index (χ0v) is 8.41. The molecule has 0 spiro atoms. The lowest BCUT2D eigenvalue weighted by Gasteiger charge is -2.02. The quantitative estimate of drug-likeness (QED) is 0.266. The molecule has 5 nitrogen and oxygen atoms in total. The monoisotopic (exact) mass is 193 g/mol. The first kappa shape index (κ1) is 10.5. The van der Waals surface area contributed by atoms with Crippen molar-refractivity contribution in [3.8, 4) is 0 Å². The Labute approximate surface area is 83.2 Å². The standard InChI is InChI=1S/C9H15N5/c1-6-3-4-8(13-7(6)2)5-12-9(10)14-11/h3-4H,5,11H2,1-2H3,(H3,10,12,14). The summed E-state index contributed by atoms with van der Waals surface area (Å²) in [4.78, 5) is 8.33. The van der Waals surface area contributed by atoms with E-state index < -0.39 is 0 Å². The zero-order valence-electron chi connectivity index (χ0n) is 8.41. The Balaban J connectivity index is 2.73. The third-order valence-electron chi connectivity index (χ3n) is 1.97. The van der Waals surface area contributed by atoms with Crippen LogP contribution in [-0.4, -0.2) is 10.9 Å². The lowest BCUT2D eigenvalue weighted by molar-refractivity contribution is 0.920. The molecule has 1 aromatic rings. The van der Waals surface area contributed by atoms with Crippen LogP contribution in [0.3, 0.4) is 0 Å². The van der Waals surface area contributed by atoms with E-state index in [9.17, 15) is 0 Å². The van der Waals surface area contributed by atoms with Gasteiger partial charge in [-0.25, -0.2) is 10.8 Å². The molecule has 5 N–H and O–H groups in total. The molecule has 0 aliphatic rings. The van der Waals surface area contributed by atoms with Crippen molar-refractivity contribution in [3.05, 3.63) is 29.1 Å². The summed E-state index contributed by atoms with van der Waals surface area (Å²) in [6.45, 7) is 4.43. The summed E-state index contributed by atoms with van der Waals surface area (Å²) in [5.74, 6) is 5.28. The number of nitrogens with one attached hydrogen (secondary N) is 1. The summed E-state index contributed by atoms with van der Waals surface area (Å²) in [5, 5.41) is 0. The van der Waals surface area contributed by atoms with Crippen LogP contribution in [0.4, 0.5) is 0 Å². The second-order valence-electron chi connectivity index (χ2n) is 3.05. The molecule has 0 radical (unpaired) electrons. The number of hydrogen-bond acceptors (Lipinski definition) is 3. The molecule has 0 saturated carbocycles. The average Bonchev–Trinajstić information content (AvgIpc) is 2.19. The van der Waals surface area contributed by atoms with Gasteiger partial charge in [0.1, 0.15) is 0 Å². The Morgan fingerprint density at radius 1 is 1.50 bits per heavy atom. The Morgan fingerprint density at radius 3 is 2.79 bits per heavy atom. The van der Waals surface area contributed by atoms with Gasteiger partial charge in [-0.2, -0.15) is 0 Å². The lowest BCUT2D eigenvalue weighted by atomic mass is 10.2. The molecule has 0 aliphatic heterocycles. The van der Waals surface area contributed by atoms with Gasteiger partial charge < -0.3 is 5.73 Å². The Bertz CT molecular complexity index is 345. The van der Waals surface area contributed by atoms with Gasteiger partial charge in [-0.1, -0.05) is 6.07 Å².